The van der Waals surface area contributed by atoms with Crippen LogP contribution in [0, 0.1) is 0 Å². The molecule has 1 aromatic carbocycles. The van der Waals surface area contributed by atoms with Crippen LogP contribution in [-0.4, -0.2) is 73.7 Å². The zero-order chi connectivity index (χ0) is 19.4. The third-order valence-electron chi connectivity index (χ3n) is 4.81. The van der Waals surface area contributed by atoms with Crippen molar-refractivity contribution in [2.24, 2.45) is 0 Å². The van der Waals surface area contributed by atoms with Crippen molar-refractivity contribution in [3.63, 3.8) is 0 Å². The Morgan fingerprint density at radius 2 is 1.89 bits per heavy atom. The van der Waals surface area contributed by atoms with Gasteiger partial charge in [-0.2, -0.15) is 0 Å². The van der Waals surface area contributed by atoms with Crippen LogP contribution in [0.25, 0.3) is 6.08 Å². The van der Waals surface area contributed by atoms with Gasteiger partial charge in [-0.3, -0.25) is 19.3 Å². The van der Waals surface area contributed by atoms with Crippen molar-refractivity contribution in [1.29, 1.82) is 0 Å². The number of benzene rings is 1. The maximum atomic E-state index is 12.5. The van der Waals surface area contributed by atoms with Gasteiger partial charge in [0.25, 0.3) is 11.1 Å². The van der Waals surface area contributed by atoms with Crippen LogP contribution in [0.2, 0.25) is 0 Å². The SMILES string of the molecule is COc1ccc(/C=C2\SC(=O)N(CCC(=O)N3CC[NH+](C)CC3)C2=O)cc1. The lowest BCUT2D eigenvalue weighted by molar-refractivity contribution is -0.883. The molecule has 0 aromatic heterocycles. The molecule has 3 rings (SSSR count). The van der Waals surface area contributed by atoms with E-state index in [1.165, 1.54) is 9.80 Å². The number of imide groups is 1. The number of ether oxygens (including phenoxy) is 1. The number of nitrogens with one attached hydrogen (secondary N) is 1. The number of hydrogen-bond acceptors (Lipinski definition) is 5. The Morgan fingerprint density at radius 1 is 1.22 bits per heavy atom. The zero-order valence-electron chi connectivity index (χ0n) is 15.6. The second-order valence-corrected chi connectivity index (χ2v) is 7.69. The van der Waals surface area contributed by atoms with Crippen molar-refractivity contribution in [2.75, 3.05) is 46.9 Å². The number of rotatable bonds is 5. The Labute approximate surface area is 162 Å². The maximum Gasteiger partial charge on any atom is 0.293 e. The third kappa shape index (κ3) is 4.70. The molecule has 2 heterocycles. The summed E-state index contributed by atoms with van der Waals surface area (Å²) in [6.07, 6.45) is 1.86. The van der Waals surface area contributed by atoms with Gasteiger partial charge in [0.05, 0.1) is 45.2 Å². The van der Waals surface area contributed by atoms with Crippen LogP contribution in [-0.2, 0) is 9.59 Å². The van der Waals surface area contributed by atoms with Crippen molar-refractivity contribution >= 4 is 34.9 Å². The van der Waals surface area contributed by atoms with Gasteiger partial charge in [0, 0.05) is 13.0 Å². The van der Waals surface area contributed by atoms with Crippen LogP contribution in [0.3, 0.4) is 0 Å². The third-order valence-corrected chi connectivity index (χ3v) is 5.71. The van der Waals surface area contributed by atoms with E-state index in [1.54, 1.807) is 25.3 Å². The normalized spacial score (nSPS) is 19.9. The highest BCUT2D eigenvalue weighted by Crippen LogP contribution is 2.32. The predicted octanol–water partition coefficient (Wildman–Crippen LogP) is 0.479. The van der Waals surface area contributed by atoms with E-state index in [9.17, 15) is 14.4 Å². The zero-order valence-corrected chi connectivity index (χ0v) is 16.4. The largest absolute Gasteiger partial charge is 0.497 e. The van der Waals surface area contributed by atoms with Crippen LogP contribution in [0.1, 0.15) is 12.0 Å². The van der Waals surface area contributed by atoms with Gasteiger partial charge in [-0.05, 0) is 35.5 Å². The molecule has 0 aliphatic carbocycles. The van der Waals surface area contributed by atoms with Crippen LogP contribution < -0.4 is 9.64 Å². The molecule has 1 N–H and O–H groups in total. The molecule has 2 aliphatic rings. The first-order valence-corrected chi connectivity index (χ1v) is 9.78. The summed E-state index contributed by atoms with van der Waals surface area (Å²) < 4.78 is 5.11. The summed E-state index contributed by atoms with van der Waals surface area (Å²) >= 11 is 0.913. The molecule has 0 saturated carbocycles. The molecule has 7 nitrogen and oxygen atoms in total. The Bertz CT molecular complexity index is 755. The first kappa shape index (κ1) is 19.4. The van der Waals surface area contributed by atoms with E-state index in [-0.39, 0.29) is 30.0 Å². The highest BCUT2D eigenvalue weighted by atomic mass is 32.2. The monoisotopic (exact) mass is 390 g/mol. The number of carbonyl (C=O) groups is 3. The molecule has 2 aliphatic heterocycles. The van der Waals surface area contributed by atoms with Gasteiger partial charge in [-0.15, -0.1) is 0 Å². The molecule has 8 heteroatoms. The Morgan fingerprint density at radius 3 is 2.52 bits per heavy atom. The molecule has 2 fully saturated rings. The first-order chi connectivity index (χ1) is 13.0. The van der Waals surface area contributed by atoms with Crippen molar-refractivity contribution in [1.82, 2.24) is 9.80 Å². The summed E-state index contributed by atoms with van der Waals surface area (Å²) in [4.78, 5) is 41.8. The Kier molecular flexibility index (Phi) is 6.18. The van der Waals surface area contributed by atoms with Gasteiger partial charge in [0.15, 0.2) is 0 Å². The molecule has 0 unspecified atom stereocenters. The second kappa shape index (κ2) is 8.58. The van der Waals surface area contributed by atoms with Gasteiger partial charge in [0.1, 0.15) is 5.75 Å². The highest BCUT2D eigenvalue weighted by molar-refractivity contribution is 8.18. The fourth-order valence-electron chi connectivity index (χ4n) is 3.05. The van der Waals surface area contributed by atoms with E-state index in [2.05, 4.69) is 7.05 Å². The Hall–Kier alpha value is -2.32. The number of thioether (sulfide) groups is 1. The van der Waals surface area contributed by atoms with E-state index in [0.717, 1.165) is 49.3 Å². The quantitative estimate of drug-likeness (QED) is 0.741. The van der Waals surface area contributed by atoms with Crippen molar-refractivity contribution in [3.05, 3.63) is 34.7 Å². The smallest absolute Gasteiger partial charge is 0.293 e. The number of quaternary nitrogens is 1. The molecule has 0 radical (unpaired) electrons. The number of piperazine rings is 1. The molecular weight excluding hydrogens is 366 g/mol. The van der Waals surface area contributed by atoms with Gasteiger partial charge >= 0.3 is 0 Å². The fourth-order valence-corrected chi connectivity index (χ4v) is 3.91. The van der Waals surface area contributed by atoms with Gasteiger partial charge in [-0.25, -0.2) is 0 Å². The lowest BCUT2D eigenvalue weighted by Gasteiger charge is -2.30. The molecule has 0 bridgehead atoms. The topological polar surface area (TPSA) is 71.4 Å². The van der Waals surface area contributed by atoms with E-state index >= 15 is 0 Å². The Balaban J connectivity index is 1.58. The number of hydrogen-bond donors (Lipinski definition) is 1. The van der Waals surface area contributed by atoms with Crippen LogP contribution in [0.5, 0.6) is 5.75 Å². The molecule has 144 valence electrons. The molecule has 2 saturated heterocycles. The van der Waals surface area contributed by atoms with Crippen LogP contribution in [0.4, 0.5) is 4.79 Å². The van der Waals surface area contributed by atoms with Gasteiger partial charge in [-0.1, -0.05) is 12.1 Å². The van der Waals surface area contributed by atoms with E-state index in [4.69, 9.17) is 4.74 Å². The minimum atomic E-state index is -0.337. The summed E-state index contributed by atoms with van der Waals surface area (Å²) in [7, 11) is 3.70. The van der Waals surface area contributed by atoms with Crippen molar-refractivity contribution in [3.8, 4) is 5.75 Å². The standard InChI is InChI=1S/C19H23N3O4S/c1-20-9-11-21(12-10-20)17(23)7-8-22-18(24)16(27-19(22)25)13-14-3-5-15(26-2)6-4-14/h3-6,13H,7-12H2,1-2H3/p+1/b16-13-. The minimum Gasteiger partial charge on any atom is -0.497 e. The number of methoxy groups -OCH3 is 1. The van der Waals surface area contributed by atoms with Crippen molar-refractivity contribution in [2.45, 2.75) is 6.42 Å². The van der Waals surface area contributed by atoms with E-state index < -0.39 is 0 Å². The number of amides is 3. The number of nitrogens with zero attached hydrogens (tertiary/aromatic N) is 2. The van der Waals surface area contributed by atoms with Crippen LogP contribution >= 0.6 is 11.8 Å². The average molecular weight is 390 g/mol. The summed E-state index contributed by atoms with van der Waals surface area (Å²) in [5.41, 5.74) is 0.817. The summed E-state index contributed by atoms with van der Waals surface area (Å²) in [5, 5.41) is -0.324. The fraction of sp³-hybridized carbons (Fsp3) is 0.421. The number of likely N-dealkylation sites (N-methyl/N-ethyl adjacent to an activating group) is 1. The molecule has 3 amide bonds. The van der Waals surface area contributed by atoms with E-state index in [1.807, 2.05) is 17.0 Å². The maximum absolute atomic E-state index is 12.5. The van der Waals surface area contributed by atoms with E-state index in [0.29, 0.717) is 4.91 Å². The summed E-state index contributed by atoms with van der Waals surface area (Å²) in [6.45, 7) is 3.44. The lowest BCUT2D eigenvalue weighted by atomic mass is 10.2. The minimum absolute atomic E-state index is 0.000633. The average Bonchev–Trinajstić information content (AvgIpc) is 2.94. The second-order valence-electron chi connectivity index (χ2n) is 6.69. The molecule has 0 atom stereocenters. The lowest BCUT2D eigenvalue weighted by Crippen LogP contribution is -3.12. The van der Waals surface area contributed by atoms with Crippen LogP contribution in [0.15, 0.2) is 29.2 Å². The summed E-state index contributed by atoms with van der Waals surface area (Å²) in [5.74, 6) is 0.390. The molecule has 27 heavy (non-hydrogen) atoms. The highest BCUT2D eigenvalue weighted by Gasteiger charge is 2.35. The molecule has 1 aromatic rings. The molecule has 0 spiro atoms. The summed E-state index contributed by atoms with van der Waals surface area (Å²) in [6, 6.07) is 7.25. The van der Waals surface area contributed by atoms with Gasteiger partial charge < -0.3 is 14.5 Å². The first-order valence-electron chi connectivity index (χ1n) is 8.96. The van der Waals surface area contributed by atoms with Crippen molar-refractivity contribution < 1.29 is 24.0 Å². The van der Waals surface area contributed by atoms with Gasteiger partial charge in [0.2, 0.25) is 5.91 Å². The molecular formula is C19H24N3O4S+. The number of carbonyl (C=O) groups excluding carboxylic acids is 3. The predicted molar refractivity (Wildman–Crippen MR) is 103 cm³/mol.